The second-order valence-corrected chi connectivity index (χ2v) is 13.6. The first kappa shape index (κ1) is 29.3. The maximum Gasteiger partial charge on any atom is 0.256 e. The van der Waals surface area contributed by atoms with Gasteiger partial charge in [0.05, 0.1) is 27.2 Å². The van der Waals surface area contributed by atoms with Gasteiger partial charge in [-0.25, -0.2) is 4.39 Å². The van der Waals surface area contributed by atoms with Crippen LogP contribution >= 0.6 is 23.2 Å². The van der Waals surface area contributed by atoms with Crippen molar-refractivity contribution < 1.29 is 18.8 Å². The van der Waals surface area contributed by atoms with E-state index in [1.165, 1.54) is 23.8 Å². The fourth-order valence-electron chi connectivity index (χ4n) is 7.41. The summed E-state index contributed by atoms with van der Waals surface area (Å²) >= 11 is 12.6. The fraction of sp³-hybridized carbons (Fsp3) is 0.400. The highest BCUT2D eigenvalue weighted by atomic mass is 35.5. The molecule has 2 saturated heterocycles. The van der Waals surface area contributed by atoms with Crippen molar-refractivity contribution >= 4 is 40.9 Å². The van der Waals surface area contributed by atoms with Gasteiger partial charge in [-0.05, 0) is 104 Å². The van der Waals surface area contributed by atoms with E-state index in [-0.39, 0.29) is 40.2 Å². The summed E-state index contributed by atoms with van der Waals surface area (Å²) in [6.45, 7) is 2.48. The van der Waals surface area contributed by atoms with Gasteiger partial charge in [0.2, 0.25) is 0 Å². The molecule has 3 aromatic rings. The molecule has 0 aromatic heterocycles. The average molecular weight is 635 g/mol. The molecule has 2 heterocycles. The third-order valence-electron chi connectivity index (χ3n) is 10.1. The van der Waals surface area contributed by atoms with Crippen LogP contribution < -0.4 is 0 Å². The number of likely N-dealkylation sites (tertiary alicyclic amines) is 2. The van der Waals surface area contributed by atoms with Crippen molar-refractivity contribution in [1.82, 2.24) is 14.7 Å². The highest BCUT2D eigenvalue weighted by Gasteiger charge is 2.44. The Morgan fingerprint density at radius 3 is 2.23 bits per heavy atom. The van der Waals surface area contributed by atoms with Crippen molar-refractivity contribution in [1.29, 1.82) is 0 Å². The molecule has 4 aliphatic rings. The van der Waals surface area contributed by atoms with Crippen molar-refractivity contribution in [3.8, 4) is 0 Å². The maximum absolute atomic E-state index is 13.8. The van der Waals surface area contributed by atoms with Crippen LogP contribution in [0.2, 0.25) is 10.0 Å². The number of nitrogens with zero attached hydrogens (tertiary/aromatic N) is 3. The molecule has 2 aliphatic carbocycles. The lowest BCUT2D eigenvalue weighted by molar-refractivity contribution is 0.0565. The first-order valence-corrected chi connectivity index (χ1v) is 16.2. The van der Waals surface area contributed by atoms with Crippen LogP contribution in [0.4, 0.5) is 4.39 Å². The number of hydrogen-bond acceptors (Lipinski definition) is 3. The van der Waals surface area contributed by atoms with Crippen LogP contribution in [0, 0.1) is 11.2 Å². The monoisotopic (exact) mass is 633 g/mol. The number of carbonyl (C=O) groups is 3. The van der Waals surface area contributed by atoms with Gasteiger partial charge in [-0.2, -0.15) is 0 Å². The number of aryl methyl sites for hydroxylation is 1. The normalized spacial score (nSPS) is 20.6. The molecule has 3 amide bonds. The summed E-state index contributed by atoms with van der Waals surface area (Å²) in [5, 5.41) is 0.584. The number of rotatable bonds is 5. The Bertz CT molecular complexity index is 1650. The first-order chi connectivity index (χ1) is 21.2. The second-order valence-electron chi connectivity index (χ2n) is 12.8. The number of benzene rings is 3. The summed E-state index contributed by atoms with van der Waals surface area (Å²) in [6, 6.07) is 17.2. The highest BCUT2D eigenvalue weighted by Crippen LogP contribution is 2.45. The minimum absolute atomic E-state index is 0.0160. The summed E-state index contributed by atoms with van der Waals surface area (Å²) in [4.78, 5) is 46.4. The Kier molecular flexibility index (Phi) is 7.66. The van der Waals surface area contributed by atoms with E-state index in [4.69, 9.17) is 23.2 Å². The molecule has 0 bridgehead atoms. The van der Waals surface area contributed by atoms with Gasteiger partial charge in [-0.15, -0.1) is 0 Å². The molecular formula is C35H34Cl2FN3O3. The van der Waals surface area contributed by atoms with E-state index in [1.54, 1.807) is 17.0 Å². The Labute approximate surface area is 266 Å². The lowest BCUT2D eigenvalue weighted by Crippen LogP contribution is -2.44. The van der Waals surface area contributed by atoms with Gasteiger partial charge < -0.3 is 14.7 Å². The summed E-state index contributed by atoms with van der Waals surface area (Å²) in [5.41, 5.74) is 3.74. The van der Waals surface area contributed by atoms with E-state index in [1.807, 2.05) is 34.1 Å². The van der Waals surface area contributed by atoms with Crippen LogP contribution in [-0.2, 0) is 6.42 Å². The molecule has 1 atom stereocenters. The van der Waals surface area contributed by atoms with Crippen LogP contribution in [-0.4, -0.2) is 64.6 Å². The Hall–Kier alpha value is -3.42. The minimum Gasteiger partial charge on any atom is -0.339 e. The predicted molar refractivity (Wildman–Crippen MR) is 168 cm³/mol. The molecule has 9 heteroatoms. The molecule has 0 radical (unpaired) electrons. The first-order valence-electron chi connectivity index (χ1n) is 15.5. The number of amides is 3. The molecule has 1 saturated carbocycles. The van der Waals surface area contributed by atoms with Gasteiger partial charge in [0.25, 0.3) is 17.7 Å². The molecule has 3 fully saturated rings. The molecule has 3 aromatic carbocycles. The van der Waals surface area contributed by atoms with Crippen molar-refractivity contribution in [2.24, 2.45) is 5.41 Å². The van der Waals surface area contributed by atoms with Crippen LogP contribution in [0.3, 0.4) is 0 Å². The van der Waals surface area contributed by atoms with Crippen molar-refractivity contribution in [3.05, 3.63) is 104 Å². The molecule has 228 valence electrons. The number of hydrogen-bond donors (Lipinski definition) is 0. The van der Waals surface area contributed by atoms with Crippen LogP contribution in [0.25, 0.3) is 0 Å². The summed E-state index contributed by atoms with van der Waals surface area (Å²) < 4.78 is 13.5. The highest BCUT2D eigenvalue weighted by molar-refractivity contribution is 6.34. The van der Waals surface area contributed by atoms with Gasteiger partial charge in [0, 0.05) is 37.8 Å². The summed E-state index contributed by atoms with van der Waals surface area (Å²) in [5.74, 6) is -0.677. The summed E-state index contributed by atoms with van der Waals surface area (Å²) in [6.07, 6.45) is 6.17. The number of piperidine rings is 1. The molecule has 2 aliphatic heterocycles. The molecule has 6 nitrogen and oxygen atoms in total. The largest absolute Gasteiger partial charge is 0.339 e. The topological polar surface area (TPSA) is 60.9 Å². The lowest BCUT2D eigenvalue weighted by atomic mass is 9.77. The zero-order valence-electron chi connectivity index (χ0n) is 24.4. The molecular weight excluding hydrogens is 600 g/mol. The van der Waals surface area contributed by atoms with E-state index in [9.17, 15) is 18.8 Å². The fourth-order valence-corrected chi connectivity index (χ4v) is 7.87. The standard InChI is InChI=1S/C35H34Cl2FN3O3/c36-29-4-2-1-3-26(29)34(44)41(25-9-10-25)31-12-7-22-5-6-23(19-28(22)31)32(42)40-18-15-35(21-40)13-16-39(17-14-35)33(43)27-11-8-24(38)20-30(27)37/h1-6,8,11,19-20,25,31H,7,9-10,12-18,21H2. The van der Waals surface area contributed by atoms with Gasteiger partial charge >= 0.3 is 0 Å². The number of halogens is 3. The molecule has 1 spiro atoms. The lowest BCUT2D eigenvalue weighted by Gasteiger charge is -2.39. The molecule has 0 N–H and O–H groups in total. The van der Waals surface area contributed by atoms with Gasteiger partial charge in [0.15, 0.2) is 0 Å². The van der Waals surface area contributed by atoms with Crippen molar-refractivity contribution in [3.63, 3.8) is 0 Å². The number of carbonyl (C=O) groups excluding carboxylic acids is 3. The molecule has 44 heavy (non-hydrogen) atoms. The third kappa shape index (κ3) is 5.39. The smallest absolute Gasteiger partial charge is 0.256 e. The van der Waals surface area contributed by atoms with E-state index in [2.05, 4.69) is 6.07 Å². The molecule has 7 rings (SSSR count). The van der Waals surface area contributed by atoms with Crippen molar-refractivity contribution in [2.75, 3.05) is 26.2 Å². The number of fused-ring (bicyclic) bond motifs is 1. The Morgan fingerprint density at radius 2 is 1.52 bits per heavy atom. The van der Waals surface area contributed by atoms with Crippen LogP contribution in [0.1, 0.15) is 86.8 Å². The zero-order valence-corrected chi connectivity index (χ0v) is 25.9. The quantitative estimate of drug-likeness (QED) is 0.299. The minimum atomic E-state index is -0.468. The van der Waals surface area contributed by atoms with E-state index in [0.29, 0.717) is 47.9 Å². The van der Waals surface area contributed by atoms with E-state index >= 15 is 0 Å². The van der Waals surface area contributed by atoms with E-state index < -0.39 is 5.82 Å². The predicted octanol–water partition coefficient (Wildman–Crippen LogP) is 7.19. The third-order valence-corrected chi connectivity index (χ3v) is 10.7. The van der Waals surface area contributed by atoms with Gasteiger partial charge in [-0.1, -0.05) is 41.4 Å². The van der Waals surface area contributed by atoms with Gasteiger partial charge in [-0.3, -0.25) is 14.4 Å². The Balaban J connectivity index is 1.04. The zero-order chi connectivity index (χ0) is 30.6. The van der Waals surface area contributed by atoms with Crippen molar-refractivity contribution in [2.45, 2.75) is 57.0 Å². The summed E-state index contributed by atoms with van der Waals surface area (Å²) in [7, 11) is 0. The van der Waals surface area contributed by atoms with Crippen LogP contribution in [0.15, 0.2) is 60.7 Å². The SMILES string of the molecule is O=C(c1ccc2c(c1)C(N(C(=O)c1ccccc1Cl)C1CC1)CC2)N1CCC2(CCN(C(=O)c3ccc(F)cc3Cl)CC2)C1. The second kappa shape index (κ2) is 11.5. The van der Waals surface area contributed by atoms with E-state index in [0.717, 1.165) is 50.5 Å². The molecule has 1 unspecified atom stereocenters. The Morgan fingerprint density at radius 1 is 0.795 bits per heavy atom. The van der Waals surface area contributed by atoms with Crippen LogP contribution in [0.5, 0.6) is 0 Å². The van der Waals surface area contributed by atoms with Gasteiger partial charge in [0.1, 0.15) is 5.82 Å². The average Bonchev–Trinajstić information content (AvgIpc) is 3.65. The maximum atomic E-state index is 13.8.